The molecule has 2 heterocycles. The number of hydrogen-bond acceptors (Lipinski definition) is 4. The van der Waals surface area contributed by atoms with Crippen molar-refractivity contribution in [2.24, 2.45) is 5.16 Å². The Morgan fingerprint density at radius 3 is 2.60 bits per heavy atom. The largest absolute Gasteiger partial charge is 0.477 e. The average Bonchev–Trinajstić information content (AvgIpc) is 2.88. The van der Waals surface area contributed by atoms with Gasteiger partial charge in [-0.1, -0.05) is 5.16 Å². The Balaban J connectivity index is 1.92. The van der Waals surface area contributed by atoms with Crippen LogP contribution in [-0.4, -0.2) is 46.8 Å². The molecule has 0 radical (unpaired) electrons. The zero-order valence-electron chi connectivity index (χ0n) is 8.18. The van der Waals surface area contributed by atoms with Crippen molar-refractivity contribution in [2.45, 2.75) is 25.4 Å². The van der Waals surface area contributed by atoms with E-state index in [0.29, 0.717) is 0 Å². The fourth-order valence-electron chi connectivity index (χ4n) is 1.78. The van der Waals surface area contributed by atoms with Gasteiger partial charge in [-0.05, 0) is 12.8 Å². The summed E-state index contributed by atoms with van der Waals surface area (Å²) in [6, 6.07) is 0. The average molecular weight is 212 g/mol. The first kappa shape index (κ1) is 9.95. The number of oxime groups is 1. The van der Waals surface area contributed by atoms with E-state index in [1.807, 2.05) is 0 Å². The van der Waals surface area contributed by atoms with Gasteiger partial charge in [-0.3, -0.25) is 4.79 Å². The smallest absolute Gasteiger partial charge is 0.353 e. The summed E-state index contributed by atoms with van der Waals surface area (Å²) in [4.78, 5) is 28.8. The molecule has 0 aromatic heterocycles. The first-order valence-corrected chi connectivity index (χ1v) is 4.93. The molecule has 2 rings (SSSR count). The molecule has 1 fully saturated rings. The lowest BCUT2D eigenvalue weighted by molar-refractivity contribution is -0.140. The maximum absolute atomic E-state index is 11.8. The quantitative estimate of drug-likeness (QED) is 0.689. The molecule has 0 spiro atoms. The topological polar surface area (TPSA) is 79.2 Å². The number of carboxylic acid groups (broad SMARTS) is 1. The standard InChI is InChI=1S/C9H12N2O4/c12-8(11-3-1-2-4-11)7-5-6(9(13)14)10-15-7/h7H,1-5H2,(H,13,14). The molecule has 2 aliphatic rings. The third kappa shape index (κ3) is 1.93. The van der Waals surface area contributed by atoms with E-state index in [2.05, 4.69) is 5.16 Å². The molecule has 2 aliphatic heterocycles. The zero-order chi connectivity index (χ0) is 10.8. The minimum Gasteiger partial charge on any atom is -0.477 e. The molecular weight excluding hydrogens is 200 g/mol. The van der Waals surface area contributed by atoms with Gasteiger partial charge in [-0.15, -0.1) is 0 Å². The van der Waals surface area contributed by atoms with Crippen LogP contribution in [0, 0.1) is 0 Å². The predicted octanol–water partition coefficient (Wildman–Crippen LogP) is -0.162. The van der Waals surface area contributed by atoms with Crippen LogP contribution in [0.5, 0.6) is 0 Å². The Bertz CT molecular complexity index is 320. The van der Waals surface area contributed by atoms with Crippen molar-refractivity contribution in [3.8, 4) is 0 Å². The lowest BCUT2D eigenvalue weighted by atomic mass is 10.1. The number of carbonyl (C=O) groups is 2. The molecule has 0 saturated carbocycles. The van der Waals surface area contributed by atoms with Gasteiger partial charge in [0.1, 0.15) is 0 Å². The second-order valence-electron chi connectivity index (χ2n) is 3.67. The molecule has 1 N–H and O–H groups in total. The van der Waals surface area contributed by atoms with E-state index in [4.69, 9.17) is 9.94 Å². The van der Waals surface area contributed by atoms with Gasteiger partial charge in [0.2, 0.25) is 6.10 Å². The van der Waals surface area contributed by atoms with Crippen LogP contribution in [-0.2, 0) is 14.4 Å². The first-order chi connectivity index (χ1) is 7.18. The number of aliphatic carboxylic acids is 1. The molecule has 1 saturated heterocycles. The van der Waals surface area contributed by atoms with E-state index in [0.717, 1.165) is 25.9 Å². The summed E-state index contributed by atoms with van der Waals surface area (Å²) in [5.74, 6) is -1.26. The summed E-state index contributed by atoms with van der Waals surface area (Å²) < 4.78 is 0. The molecule has 6 heteroatoms. The van der Waals surface area contributed by atoms with Crippen molar-refractivity contribution >= 4 is 17.6 Å². The Labute approximate surface area is 86.5 Å². The third-order valence-electron chi connectivity index (χ3n) is 2.61. The summed E-state index contributed by atoms with van der Waals surface area (Å²) in [6.45, 7) is 1.47. The van der Waals surface area contributed by atoms with Gasteiger partial charge in [0.25, 0.3) is 5.91 Å². The van der Waals surface area contributed by atoms with Gasteiger partial charge >= 0.3 is 5.97 Å². The second kappa shape index (κ2) is 3.88. The van der Waals surface area contributed by atoms with Crippen molar-refractivity contribution in [3.63, 3.8) is 0 Å². The van der Waals surface area contributed by atoms with Crippen LogP contribution in [0.15, 0.2) is 5.16 Å². The number of likely N-dealkylation sites (tertiary alicyclic amines) is 1. The molecule has 1 amide bonds. The van der Waals surface area contributed by atoms with E-state index in [1.54, 1.807) is 4.90 Å². The van der Waals surface area contributed by atoms with E-state index >= 15 is 0 Å². The fraction of sp³-hybridized carbons (Fsp3) is 0.667. The summed E-state index contributed by atoms with van der Waals surface area (Å²) >= 11 is 0. The highest BCUT2D eigenvalue weighted by Crippen LogP contribution is 2.17. The van der Waals surface area contributed by atoms with Crippen molar-refractivity contribution in [1.29, 1.82) is 0 Å². The number of amides is 1. The van der Waals surface area contributed by atoms with Crippen LogP contribution in [0.25, 0.3) is 0 Å². The summed E-state index contributed by atoms with van der Waals surface area (Å²) in [7, 11) is 0. The highest BCUT2D eigenvalue weighted by molar-refractivity contribution is 6.36. The Hall–Kier alpha value is -1.59. The van der Waals surface area contributed by atoms with Gasteiger partial charge < -0.3 is 14.8 Å². The fourth-order valence-corrected chi connectivity index (χ4v) is 1.78. The van der Waals surface area contributed by atoms with E-state index in [1.165, 1.54) is 0 Å². The van der Waals surface area contributed by atoms with Crippen LogP contribution in [0.1, 0.15) is 19.3 Å². The lowest BCUT2D eigenvalue weighted by Gasteiger charge is -2.17. The minimum absolute atomic E-state index is 0.0741. The second-order valence-corrected chi connectivity index (χ2v) is 3.67. The van der Waals surface area contributed by atoms with E-state index in [-0.39, 0.29) is 18.0 Å². The van der Waals surface area contributed by atoms with Crippen molar-refractivity contribution in [2.75, 3.05) is 13.1 Å². The molecule has 0 aromatic carbocycles. The number of hydrogen-bond donors (Lipinski definition) is 1. The minimum atomic E-state index is -1.12. The molecule has 0 aromatic rings. The van der Waals surface area contributed by atoms with Crippen LogP contribution >= 0.6 is 0 Å². The molecular formula is C9H12N2O4. The molecule has 1 unspecified atom stereocenters. The molecule has 82 valence electrons. The van der Waals surface area contributed by atoms with Crippen molar-refractivity contribution in [1.82, 2.24) is 4.90 Å². The maximum Gasteiger partial charge on any atom is 0.353 e. The Morgan fingerprint density at radius 1 is 1.40 bits per heavy atom. The van der Waals surface area contributed by atoms with Crippen LogP contribution in [0.2, 0.25) is 0 Å². The lowest BCUT2D eigenvalue weighted by Crippen LogP contribution is -2.37. The first-order valence-electron chi connectivity index (χ1n) is 4.93. The zero-order valence-corrected chi connectivity index (χ0v) is 8.18. The van der Waals surface area contributed by atoms with Crippen molar-refractivity contribution < 1.29 is 19.5 Å². The normalized spacial score (nSPS) is 24.9. The van der Waals surface area contributed by atoms with Gasteiger partial charge in [-0.25, -0.2) is 4.79 Å². The third-order valence-corrected chi connectivity index (χ3v) is 2.61. The summed E-state index contributed by atoms with van der Waals surface area (Å²) in [5, 5.41) is 12.0. The Morgan fingerprint density at radius 2 is 2.07 bits per heavy atom. The molecule has 15 heavy (non-hydrogen) atoms. The molecule has 0 aliphatic carbocycles. The predicted molar refractivity (Wildman–Crippen MR) is 50.4 cm³/mol. The van der Waals surface area contributed by atoms with Gasteiger partial charge in [-0.2, -0.15) is 0 Å². The number of carbonyl (C=O) groups excluding carboxylic acids is 1. The van der Waals surface area contributed by atoms with Crippen molar-refractivity contribution in [3.05, 3.63) is 0 Å². The number of carboxylic acids is 1. The number of rotatable bonds is 2. The highest BCUT2D eigenvalue weighted by Gasteiger charge is 2.35. The molecule has 1 atom stereocenters. The van der Waals surface area contributed by atoms with Crippen LogP contribution in [0.4, 0.5) is 0 Å². The Kier molecular flexibility index (Phi) is 2.57. The summed E-state index contributed by atoms with van der Waals surface area (Å²) in [5.41, 5.74) is -0.0763. The monoisotopic (exact) mass is 212 g/mol. The van der Waals surface area contributed by atoms with Gasteiger partial charge in [0.15, 0.2) is 5.71 Å². The van der Waals surface area contributed by atoms with Crippen LogP contribution < -0.4 is 0 Å². The highest BCUT2D eigenvalue weighted by atomic mass is 16.6. The van der Waals surface area contributed by atoms with Gasteiger partial charge in [0.05, 0.1) is 0 Å². The van der Waals surface area contributed by atoms with E-state index in [9.17, 15) is 9.59 Å². The maximum atomic E-state index is 11.8. The van der Waals surface area contributed by atoms with E-state index < -0.39 is 12.1 Å². The van der Waals surface area contributed by atoms with Crippen LogP contribution in [0.3, 0.4) is 0 Å². The SMILES string of the molecule is O=C(O)C1=NOC(C(=O)N2CCCC2)C1. The molecule has 0 bridgehead atoms. The summed E-state index contributed by atoms with van der Waals surface area (Å²) in [6.07, 6.45) is 1.36. The molecule has 6 nitrogen and oxygen atoms in total. The number of nitrogens with zero attached hydrogens (tertiary/aromatic N) is 2. The van der Waals surface area contributed by atoms with Gasteiger partial charge in [0, 0.05) is 19.5 Å².